The number of hydrogen-bond donors (Lipinski definition) is 0. The van der Waals surface area contributed by atoms with Crippen LogP contribution in [0.3, 0.4) is 0 Å². The third kappa shape index (κ3) is 3.97. The monoisotopic (exact) mass is 244 g/mol. The Morgan fingerprint density at radius 1 is 0.889 bits per heavy atom. The van der Waals surface area contributed by atoms with Gasteiger partial charge >= 0.3 is 0 Å². The molecule has 0 radical (unpaired) electrons. The molecule has 0 aliphatic rings. The van der Waals surface area contributed by atoms with Gasteiger partial charge in [-0.05, 0) is 30.0 Å². The van der Waals surface area contributed by atoms with E-state index < -0.39 is 0 Å². The van der Waals surface area contributed by atoms with Crippen molar-refractivity contribution in [2.45, 2.75) is 19.4 Å². The zero-order chi connectivity index (χ0) is 12.6. The zero-order valence-electron chi connectivity index (χ0n) is 10.3. The quantitative estimate of drug-likeness (QED) is 0.698. The summed E-state index contributed by atoms with van der Waals surface area (Å²) in [4.78, 5) is 0. The Hall–Kier alpha value is -1.67. The summed E-state index contributed by atoms with van der Waals surface area (Å²) in [6.45, 7) is 1.28. The van der Waals surface area contributed by atoms with Crippen molar-refractivity contribution in [3.05, 3.63) is 71.5 Å². The third-order valence-electron chi connectivity index (χ3n) is 2.80. The molecule has 94 valence electrons. The van der Waals surface area contributed by atoms with Crippen LogP contribution in [-0.4, -0.2) is 6.61 Å². The van der Waals surface area contributed by atoms with Crippen LogP contribution in [0.1, 0.15) is 17.5 Å². The van der Waals surface area contributed by atoms with E-state index in [-0.39, 0.29) is 5.82 Å². The smallest absolute Gasteiger partial charge is 0.126 e. The molecule has 2 aromatic rings. The van der Waals surface area contributed by atoms with Crippen molar-refractivity contribution in [2.24, 2.45) is 0 Å². The Kier molecular flexibility index (Phi) is 4.91. The predicted octanol–water partition coefficient (Wildman–Crippen LogP) is 3.98. The maximum absolute atomic E-state index is 13.3. The molecule has 0 aliphatic heterocycles. The van der Waals surface area contributed by atoms with Gasteiger partial charge in [0.2, 0.25) is 0 Å². The minimum Gasteiger partial charge on any atom is -0.377 e. The highest BCUT2D eigenvalue weighted by molar-refractivity contribution is 5.17. The molecule has 0 fully saturated rings. The summed E-state index contributed by atoms with van der Waals surface area (Å²) in [5, 5.41) is 0. The van der Waals surface area contributed by atoms with E-state index in [0.29, 0.717) is 13.2 Å². The van der Waals surface area contributed by atoms with Gasteiger partial charge in [-0.3, -0.25) is 0 Å². The first-order valence-electron chi connectivity index (χ1n) is 6.21. The Morgan fingerprint density at radius 2 is 1.61 bits per heavy atom. The van der Waals surface area contributed by atoms with Crippen molar-refractivity contribution in [3.8, 4) is 0 Å². The lowest BCUT2D eigenvalue weighted by Gasteiger charge is -2.05. The van der Waals surface area contributed by atoms with Crippen LogP contribution < -0.4 is 0 Å². The second-order valence-electron chi connectivity index (χ2n) is 4.23. The molecule has 2 heteroatoms. The fraction of sp³-hybridized carbons (Fsp3) is 0.250. The lowest BCUT2D eigenvalue weighted by molar-refractivity contribution is 0.118. The van der Waals surface area contributed by atoms with E-state index in [4.69, 9.17) is 4.74 Å². The molecule has 1 nitrogen and oxygen atoms in total. The lowest BCUT2D eigenvalue weighted by atomic mass is 10.1. The molecular formula is C16H17FO. The maximum Gasteiger partial charge on any atom is 0.126 e. The minimum absolute atomic E-state index is 0.124. The molecule has 0 unspecified atom stereocenters. The Bertz CT molecular complexity index is 468. The molecule has 0 atom stereocenters. The van der Waals surface area contributed by atoms with Crippen LogP contribution in [0.4, 0.5) is 4.39 Å². The number of ether oxygens (including phenoxy) is 1. The molecule has 0 saturated carbocycles. The lowest BCUT2D eigenvalue weighted by Crippen LogP contribution is -1.98. The first kappa shape index (κ1) is 12.8. The first-order valence-corrected chi connectivity index (χ1v) is 6.21. The van der Waals surface area contributed by atoms with Gasteiger partial charge in [-0.25, -0.2) is 4.39 Å². The molecule has 18 heavy (non-hydrogen) atoms. The van der Waals surface area contributed by atoms with E-state index in [1.807, 2.05) is 42.5 Å². The predicted molar refractivity (Wildman–Crippen MR) is 70.8 cm³/mol. The number of halogens is 1. The number of hydrogen-bond acceptors (Lipinski definition) is 1. The molecular weight excluding hydrogens is 227 g/mol. The summed E-state index contributed by atoms with van der Waals surface area (Å²) in [5.41, 5.74) is 1.93. The first-order chi connectivity index (χ1) is 8.86. The topological polar surface area (TPSA) is 9.23 Å². The molecule has 2 rings (SSSR count). The van der Waals surface area contributed by atoms with Gasteiger partial charge in [-0.15, -0.1) is 0 Å². The van der Waals surface area contributed by atoms with Crippen LogP contribution in [-0.2, 0) is 17.8 Å². The van der Waals surface area contributed by atoms with E-state index in [9.17, 15) is 4.39 Å². The highest BCUT2D eigenvalue weighted by atomic mass is 19.1. The Labute approximate surface area is 107 Å². The van der Waals surface area contributed by atoms with E-state index >= 15 is 0 Å². The normalized spacial score (nSPS) is 10.5. The standard InChI is InChI=1S/C16H17FO/c17-16-11-5-4-9-15(16)10-6-12-18-13-14-7-2-1-3-8-14/h1-5,7-9,11H,6,10,12-13H2. The molecule has 0 aromatic heterocycles. The van der Waals surface area contributed by atoms with Gasteiger partial charge in [0.1, 0.15) is 5.82 Å². The summed E-state index contributed by atoms with van der Waals surface area (Å²) in [7, 11) is 0. The molecule has 2 aromatic carbocycles. The van der Waals surface area contributed by atoms with Crippen molar-refractivity contribution >= 4 is 0 Å². The number of benzene rings is 2. The summed E-state index contributed by atoms with van der Waals surface area (Å²) in [6.07, 6.45) is 1.56. The van der Waals surface area contributed by atoms with Crippen molar-refractivity contribution in [3.63, 3.8) is 0 Å². The summed E-state index contributed by atoms with van der Waals surface area (Å²) in [5.74, 6) is -0.124. The average Bonchev–Trinajstić information content (AvgIpc) is 2.42. The van der Waals surface area contributed by atoms with Crippen LogP contribution in [0.25, 0.3) is 0 Å². The second kappa shape index (κ2) is 6.92. The van der Waals surface area contributed by atoms with E-state index in [1.54, 1.807) is 6.07 Å². The third-order valence-corrected chi connectivity index (χ3v) is 2.80. The molecule has 0 bridgehead atoms. The maximum atomic E-state index is 13.3. The highest BCUT2D eigenvalue weighted by Gasteiger charge is 2.00. The zero-order valence-corrected chi connectivity index (χ0v) is 10.3. The average molecular weight is 244 g/mol. The summed E-state index contributed by atoms with van der Waals surface area (Å²) < 4.78 is 18.9. The fourth-order valence-electron chi connectivity index (χ4n) is 1.83. The van der Waals surface area contributed by atoms with E-state index in [2.05, 4.69) is 0 Å². The fourth-order valence-corrected chi connectivity index (χ4v) is 1.83. The molecule has 0 spiro atoms. The van der Waals surface area contributed by atoms with Gasteiger partial charge in [-0.2, -0.15) is 0 Å². The number of aryl methyl sites for hydroxylation is 1. The van der Waals surface area contributed by atoms with E-state index in [1.165, 1.54) is 11.6 Å². The van der Waals surface area contributed by atoms with Crippen molar-refractivity contribution in [2.75, 3.05) is 6.61 Å². The van der Waals surface area contributed by atoms with Crippen molar-refractivity contribution < 1.29 is 9.13 Å². The van der Waals surface area contributed by atoms with Crippen LogP contribution in [0.2, 0.25) is 0 Å². The number of rotatable bonds is 6. The summed E-state index contributed by atoms with van der Waals surface area (Å²) >= 11 is 0. The molecule has 0 amide bonds. The van der Waals surface area contributed by atoms with Gasteiger partial charge in [0.05, 0.1) is 6.61 Å². The van der Waals surface area contributed by atoms with Gasteiger partial charge in [-0.1, -0.05) is 48.5 Å². The summed E-state index contributed by atoms with van der Waals surface area (Å²) in [6, 6.07) is 17.0. The van der Waals surface area contributed by atoms with Crippen LogP contribution in [0, 0.1) is 5.82 Å². The van der Waals surface area contributed by atoms with Crippen LogP contribution in [0.15, 0.2) is 54.6 Å². The molecule has 0 N–H and O–H groups in total. The van der Waals surface area contributed by atoms with Crippen molar-refractivity contribution in [1.82, 2.24) is 0 Å². The SMILES string of the molecule is Fc1ccccc1CCCOCc1ccccc1. The second-order valence-corrected chi connectivity index (χ2v) is 4.23. The largest absolute Gasteiger partial charge is 0.377 e. The molecule has 0 saturated heterocycles. The molecule has 0 aliphatic carbocycles. The van der Waals surface area contributed by atoms with Crippen LogP contribution in [0.5, 0.6) is 0 Å². The Morgan fingerprint density at radius 3 is 2.39 bits per heavy atom. The van der Waals surface area contributed by atoms with Crippen LogP contribution >= 0.6 is 0 Å². The van der Waals surface area contributed by atoms with Crippen molar-refractivity contribution in [1.29, 1.82) is 0 Å². The Balaban J connectivity index is 1.66. The highest BCUT2D eigenvalue weighted by Crippen LogP contribution is 2.09. The van der Waals surface area contributed by atoms with Gasteiger partial charge in [0.25, 0.3) is 0 Å². The van der Waals surface area contributed by atoms with E-state index in [0.717, 1.165) is 18.4 Å². The molecule has 0 heterocycles. The van der Waals surface area contributed by atoms with Gasteiger partial charge in [0.15, 0.2) is 0 Å². The van der Waals surface area contributed by atoms with Gasteiger partial charge in [0, 0.05) is 6.61 Å². The van der Waals surface area contributed by atoms with Gasteiger partial charge < -0.3 is 4.74 Å². The minimum atomic E-state index is -0.124.